The van der Waals surface area contributed by atoms with Gasteiger partial charge in [0, 0.05) is 6.42 Å². The predicted molar refractivity (Wildman–Crippen MR) is 68.6 cm³/mol. The van der Waals surface area contributed by atoms with Crippen LogP contribution in [0.4, 0.5) is 0 Å². The van der Waals surface area contributed by atoms with Crippen molar-refractivity contribution in [2.45, 2.75) is 25.9 Å². The number of allylic oxidation sites excluding steroid dienone is 1. The monoisotopic (exact) mass is 218 g/mol. The summed E-state index contributed by atoms with van der Waals surface area (Å²) in [6.45, 7) is 8.33. The van der Waals surface area contributed by atoms with Gasteiger partial charge >= 0.3 is 0 Å². The summed E-state index contributed by atoms with van der Waals surface area (Å²) in [5.41, 5.74) is 2.51. The van der Waals surface area contributed by atoms with E-state index in [4.69, 9.17) is 0 Å². The summed E-state index contributed by atoms with van der Waals surface area (Å²) in [5.74, 6) is 0. The molecule has 0 saturated heterocycles. The van der Waals surface area contributed by atoms with Crippen LogP contribution in [0.25, 0.3) is 0 Å². The Balaban J connectivity index is 3.07. The van der Waals surface area contributed by atoms with Crippen molar-refractivity contribution in [3.8, 4) is 0 Å². The van der Waals surface area contributed by atoms with Crippen molar-refractivity contribution in [2.75, 3.05) is 0 Å². The minimum atomic E-state index is -0.846. The van der Waals surface area contributed by atoms with E-state index in [1.807, 2.05) is 6.08 Å². The number of hydrogen-bond donors (Lipinski definition) is 0. The Hall–Kier alpha value is -1.15. The lowest BCUT2D eigenvalue weighted by molar-refractivity contribution is -0.107. The number of benzene rings is 1. The number of carbonyl (C=O) groups excluding carboxylic acids is 1. The second kappa shape index (κ2) is 5.66. The Morgan fingerprint density at radius 2 is 2.07 bits per heavy atom. The second-order valence-corrected chi connectivity index (χ2v) is 6.98. The van der Waals surface area contributed by atoms with Gasteiger partial charge in [0.2, 0.25) is 0 Å². The first-order valence-electron chi connectivity index (χ1n) is 5.35. The van der Waals surface area contributed by atoms with Crippen molar-refractivity contribution < 1.29 is 4.79 Å². The van der Waals surface area contributed by atoms with Crippen LogP contribution in [0, 0.1) is 0 Å². The summed E-state index contributed by atoms with van der Waals surface area (Å²) >= 11 is 0. The molecule has 0 amide bonds. The highest BCUT2D eigenvalue weighted by Gasteiger charge is 2.07. The first-order chi connectivity index (χ1) is 7.19. The van der Waals surface area contributed by atoms with Crippen molar-refractivity contribution in [1.82, 2.24) is 0 Å². The molecule has 0 N–H and O–H groups in total. The fraction of sp³-hybridized carbons (Fsp3) is 0.308. The largest absolute Gasteiger partial charge is 0.303 e. The fourth-order valence-corrected chi connectivity index (χ4v) is 3.25. The van der Waals surface area contributed by atoms with Crippen LogP contribution in [0.3, 0.4) is 0 Å². The van der Waals surface area contributed by atoms with Gasteiger partial charge in [-0.05, 0) is 17.5 Å². The number of aldehydes is 1. The Labute approximate surface area is 93.4 Å². The van der Waals surface area contributed by atoms with Gasteiger partial charge in [-0.3, -0.25) is 0 Å². The van der Waals surface area contributed by atoms with Gasteiger partial charge in [-0.1, -0.05) is 42.6 Å². The molecule has 2 heteroatoms. The smallest absolute Gasteiger partial charge is 0.124 e. The van der Waals surface area contributed by atoms with Gasteiger partial charge in [0.05, 0.1) is 8.80 Å². The Morgan fingerprint density at radius 3 is 2.60 bits per heavy atom. The van der Waals surface area contributed by atoms with Gasteiger partial charge in [0.1, 0.15) is 6.29 Å². The normalized spacial score (nSPS) is 10.3. The van der Waals surface area contributed by atoms with Gasteiger partial charge < -0.3 is 4.79 Å². The zero-order valence-electron chi connectivity index (χ0n) is 9.49. The molecular weight excluding hydrogens is 200 g/mol. The van der Waals surface area contributed by atoms with E-state index in [2.05, 4.69) is 37.9 Å². The summed E-state index contributed by atoms with van der Waals surface area (Å²) in [7, 11) is -0.846. The van der Waals surface area contributed by atoms with Gasteiger partial charge in [0.25, 0.3) is 0 Å². The van der Waals surface area contributed by atoms with Gasteiger partial charge in [-0.15, -0.1) is 6.58 Å². The van der Waals surface area contributed by atoms with Crippen LogP contribution in [0.1, 0.15) is 11.1 Å². The molecule has 0 atom stereocenters. The zero-order chi connectivity index (χ0) is 11.3. The third kappa shape index (κ3) is 3.17. The molecule has 0 fully saturated rings. The molecule has 1 rings (SSSR count). The van der Waals surface area contributed by atoms with Gasteiger partial charge in [-0.2, -0.15) is 0 Å². The molecule has 0 aliphatic rings. The highest BCUT2D eigenvalue weighted by molar-refractivity contribution is 6.71. The van der Waals surface area contributed by atoms with Crippen LogP contribution >= 0.6 is 0 Å². The van der Waals surface area contributed by atoms with Crippen molar-refractivity contribution >= 4 is 20.3 Å². The summed E-state index contributed by atoms with van der Waals surface area (Å²) in [4.78, 5) is 10.6. The number of carbonyl (C=O) groups is 1. The minimum Gasteiger partial charge on any atom is -0.303 e. The number of rotatable bonds is 5. The lowest BCUT2D eigenvalue weighted by Crippen LogP contribution is -2.27. The maximum Gasteiger partial charge on any atom is 0.124 e. The topological polar surface area (TPSA) is 17.1 Å². The van der Waals surface area contributed by atoms with Crippen LogP contribution in [-0.2, 0) is 17.6 Å². The Bertz CT molecular complexity index is 356. The van der Waals surface area contributed by atoms with E-state index < -0.39 is 8.80 Å². The van der Waals surface area contributed by atoms with Crippen molar-refractivity contribution in [3.05, 3.63) is 42.0 Å². The molecule has 0 aromatic heterocycles. The molecule has 15 heavy (non-hydrogen) atoms. The van der Waals surface area contributed by atoms with Crippen LogP contribution in [-0.4, -0.2) is 15.1 Å². The van der Waals surface area contributed by atoms with Crippen molar-refractivity contribution in [3.63, 3.8) is 0 Å². The molecule has 80 valence electrons. The lowest BCUT2D eigenvalue weighted by Gasteiger charge is -2.11. The minimum absolute atomic E-state index is 0.550. The van der Waals surface area contributed by atoms with E-state index in [-0.39, 0.29) is 0 Å². The van der Waals surface area contributed by atoms with Crippen LogP contribution in [0.5, 0.6) is 0 Å². The molecule has 0 unspecified atom stereocenters. The lowest BCUT2D eigenvalue weighted by atomic mass is 10.1. The summed E-state index contributed by atoms with van der Waals surface area (Å²) < 4.78 is 0. The van der Waals surface area contributed by atoms with Crippen LogP contribution < -0.4 is 5.19 Å². The van der Waals surface area contributed by atoms with Crippen molar-refractivity contribution in [2.24, 2.45) is 0 Å². The van der Waals surface area contributed by atoms with Crippen LogP contribution in [0.2, 0.25) is 13.1 Å². The maximum absolute atomic E-state index is 10.6. The third-order valence-corrected chi connectivity index (χ3v) is 4.30. The van der Waals surface area contributed by atoms with E-state index >= 15 is 0 Å². The molecule has 1 aromatic rings. The first kappa shape index (κ1) is 11.9. The average Bonchev–Trinajstić information content (AvgIpc) is 2.21. The van der Waals surface area contributed by atoms with E-state index in [9.17, 15) is 4.79 Å². The zero-order valence-corrected chi connectivity index (χ0v) is 10.6. The first-order valence-corrected chi connectivity index (χ1v) is 8.24. The predicted octanol–water partition coefficient (Wildman–Crippen LogP) is 1.85. The molecule has 0 spiro atoms. The SMILES string of the molecule is C=CCc1ccc(CC=O)c([SiH](C)C)c1. The van der Waals surface area contributed by atoms with E-state index in [1.165, 1.54) is 16.3 Å². The van der Waals surface area contributed by atoms with Crippen molar-refractivity contribution in [1.29, 1.82) is 0 Å². The molecule has 0 aliphatic heterocycles. The Morgan fingerprint density at radius 1 is 1.33 bits per heavy atom. The highest BCUT2D eigenvalue weighted by atomic mass is 28.3. The molecule has 1 nitrogen and oxygen atoms in total. The highest BCUT2D eigenvalue weighted by Crippen LogP contribution is 2.05. The van der Waals surface area contributed by atoms with E-state index in [0.717, 1.165) is 12.7 Å². The van der Waals surface area contributed by atoms with Gasteiger partial charge in [-0.25, -0.2) is 0 Å². The molecule has 0 radical (unpaired) electrons. The fourth-order valence-electron chi connectivity index (χ4n) is 1.75. The summed E-state index contributed by atoms with van der Waals surface area (Å²) in [6.07, 6.45) is 4.37. The molecule has 0 bridgehead atoms. The quantitative estimate of drug-likeness (QED) is 0.419. The third-order valence-electron chi connectivity index (χ3n) is 2.52. The molecule has 0 heterocycles. The average molecular weight is 218 g/mol. The Kier molecular flexibility index (Phi) is 4.50. The summed E-state index contributed by atoms with van der Waals surface area (Å²) in [6, 6.07) is 6.44. The van der Waals surface area contributed by atoms with E-state index in [1.54, 1.807) is 0 Å². The van der Waals surface area contributed by atoms with Crippen LogP contribution in [0.15, 0.2) is 30.9 Å². The van der Waals surface area contributed by atoms with Gasteiger partial charge in [0.15, 0.2) is 0 Å². The molecule has 0 aliphatic carbocycles. The molecule has 0 saturated carbocycles. The standard InChI is InChI=1S/C13H18OSi/c1-4-5-11-6-7-12(8-9-14)13(10-11)15(2)3/h4,6-7,9-10,15H,1,5,8H2,2-3H3. The maximum atomic E-state index is 10.6. The molecular formula is C13H18OSi. The second-order valence-electron chi connectivity index (χ2n) is 4.05. The van der Waals surface area contributed by atoms with E-state index in [0.29, 0.717) is 6.42 Å². The summed E-state index contributed by atoms with van der Waals surface area (Å²) in [5, 5.41) is 1.42. The molecule has 1 aromatic carbocycles. The number of hydrogen-bond acceptors (Lipinski definition) is 1.